The molecule has 1 saturated heterocycles. The summed E-state index contributed by atoms with van der Waals surface area (Å²) >= 11 is 1.77. The molecule has 3 atom stereocenters. The molecule has 1 aliphatic heterocycles. The molecule has 0 spiro atoms. The van der Waals surface area contributed by atoms with Crippen molar-refractivity contribution in [3.63, 3.8) is 0 Å². The maximum atomic E-state index is 11.5. The van der Waals surface area contributed by atoms with Crippen molar-refractivity contribution >= 4 is 28.4 Å². The quantitative estimate of drug-likeness (QED) is 0.785. The van der Waals surface area contributed by atoms with E-state index in [2.05, 4.69) is 41.2 Å². The second kappa shape index (κ2) is 7.75. The Morgan fingerprint density at radius 1 is 1.42 bits per heavy atom. The topological polar surface area (TPSA) is 62.1 Å². The van der Waals surface area contributed by atoms with Crippen LogP contribution in [0, 0.1) is 5.92 Å². The number of Topliss-reactive ketones (excluding diaryl/α,β-unsaturated/α-hetero) is 1. The molecule has 1 aliphatic carbocycles. The second-order valence-electron chi connectivity index (χ2n) is 7.82. The van der Waals surface area contributed by atoms with E-state index >= 15 is 0 Å². The van der Waals surface area contributed by atoms with Crippen molar-refractivity contribution in [3.8, 4) is 0 Å². The van der Waals surface area contributed by atoms with Gasteiger partial charge in [-0.2, -0.15) is 11.8 Å². The van der Waals surface area contributed by atoms with Crippen LogP contribution in [0.2, 0.25) is 0 Å². The third-order valence-electron chi connectivity index (χ3n) is 6.02. The zero-order valence-corrected chi connectivity index (χ0v) is 16.4. The average Bonchev–Trinajstić information content (AvgIpc) is 3.07. The van der Waals surface area contributed by atoms with Gasteiger partial charge in [0.05, 0.1) is 12.3 Å². The summed E-state index contributed by atoms with van der Waals surface area (Å²) in [6.07, 6.45) is 5.81. The van der Waals surface area contributed by atoms with Crippen molar-refractivity contribution < 1.29 is 4.79 Å². The Hall–Kier alpha value is -1.30. The summed E-state index contributed by atoms with van der Waals surface area (Å²) in [5.41, 5.74) is 9.74. The predicted octanol–water partition coefficient (Wildman–Crippen LogP) is 3.17. The van der Waals surface area contributed by atoms with Gasteiger partial charge in [-0.05, 0) is 54.7 Å². The van der Waals surface area contributed by atoms with E-state index in [9.17, 15) is 4.79 Å². The van der Waals surface area contributed by atoms with Crippen LogP contribution >= 0.6 is 11.8 Å². The van der Waals surface area contributed by atoms with Gasteiger partial charge in [0.15, 0.2) is 5.78 Å². The SMILES string of the molecule is CCCN1C[C@H](CSCC(=O)CN)C[C@@H]2c3cccc4[nH]cc(c34)C[C@H]21. The zero-order chi connectivity index (χ0) is 18.1. The van der Waals surface area contributed by atoms with Gasteiger partial charge < -0.3 is 10.7 Å². The Kier molecular flexibility index (Phi) is 5.39. The number of nitrogens with two attached hydrogens (primary N) is 1. The molecule has 4 rings (SSSR count). The van der Waals surface area contributed by atoms with Crippen LogP contribution in [0.3, 0.4) is 0 Å². The van der Waals surface area contributed by atoms with Crippen LogP contribution in [0.15, 0.2) is 24.4 Å². The van der Waals surface area contributed by atoms with Crippen LogP contribution in [0.4, 0.5) is 0 Å². The van der Waals surface area contributed by atoms with Crippen molar-refractivity contribution in [2.45, 2.75) is 38.1 Å². The Morgan fingerprint density at radius 2 is 2.31 bits per heavy atom. The number of hydrogen-bond acceptors (Lipinski definition) is 4. The Bertz CT molecular complexity index is 787. The average molecular weight is 372 g/mol. The number of nitrogens with zero attached hydrogens (tertiary/aromatic N) is 1. The lowest BCUT2D eigenvalue weighted by atomic mass is 9.72. The Morgan fingerprint density at radius 3 is 3.12 bits per heavy atom. The third-order valence-corrected chi connectivity index (χ3v) is 7.25. The summed E-state index contributed by atoms with van der Waals surface area (Å²) in [4.78, 5) is 17.7. The third kappa shape index (κ3) is 3.32. The first-order valence-corrected chi connectivity index (χ1v) is 11.0. The lowest BCUT2D eigenvalue weighted by Crippen LogP contribution is -2.50. The van der Waals surface area contributed by atoms with E-state index in [-0.39, 0.29) is 12.3 Å². The zero-order valence-electron chi connectivity index (χ0n) is 15.5. The molecule has 0 saturated carbocycles. The van der Waals surface area contributed by atoms with E-state index in [0.29, 0.717) is 23.6 Å². The van der Waals surface area contributed by atoms with Crippen LogP contribution in [0.1, 0.15) is 36.8 Å². The second-order valence-corrected chi connectivity index (χ2v) is 8.85. The number of carbonyl (C=O) groups is 1. The minimum atomic E-state index is 0.161. The molecule has 2 aromatic rings. The van der Waals surface area contributed by atoms with Gasteiger partial charge >= 0.3 is 0 Å². The van der Waals surface area contributed by atoms with Gasteiger partial charge in [-0.1, -0.05) is 19.1 Å². The van der Waals surface area contributed by atoms with Crippen molar-refractivity contribution in [2.75, 3.05) is 31.1 Å². The highest BCUT2D eigenvalue weighted by atomic mass is 32.2. The summed E-state index contributed by atoms with van der Waals surface area (Å²) in [6, 6.07) is 7.36. The van der Waals surface area contributed by atoms with Gasteiger partial charge in [0.25, 0.3) is 0 Å². The number of aromatic amines is 1. The molecule has 2 heterocycles. The summed E-state index contributed by atoms with van der Waals surface area (Å²) in [6.45, 7) is 4.77. The fraction of sp³-hybridized carbons (Fsp3) is 0.571. The lowest BCUT2D eigenvalue weighted by Gasteiger charge is -2.47. The predicted molar refractivity (Wildman–Crippen MR) is 110 cm³/mol. The monoisotopic (exact) mass is 371 g/mol. The normalized spacial score (nSPS) is 25.4. The van der Waals surface area contributed by atoms with Crippen molar-refractivity contribution in [3.05, 3.63) is 35.5 Å². The highest BCUT2D eigenvalue weighted by Gasteiger charge is 2.40. The first-order valence-electron chi connectivity index (χ1n) is 9.83. The highest BCUT2D eigenvalue weighted by Crippen LogP contribution is 2.45. The van der Waals surface area contributed by atoms with Crippen LogP contribution in [-0.4, -0.2) is 52.8 Å². The van der Waals surface area contributed by atoms with E-state index in [1.54, 1.807) is 11.8 Å². The smallest absolute Gasteiger partial charge is 0.156 e. The molecule has 1 fully saturated rings. The molecular weight excluding hydrogens is 342 g/mol. The van der Waals surface area contributed by atoms with Crippen molar-refractivity contribution in [2.24, 2.45) is 11.7 Å². The fourth-order valence-corrected chi connectivity index (χ4v) is 6.00. The summed E-state index contributed by atoms with van der Waals surface area (Å²) < 4.78 is 0. The van der Waals surface area contributed by atoms with Gasteiger partial charge in [-0.3, -0.25) is 9.69 Å². The number of fused-ring (bicyclic) bond motifs is 2. The van der Waals surface area contributed by atoms with Crippen LogP contribution < -0.4 is 5.73 Å². The number of hydrogen-bond donors (Lipinski definition) is 2. The van der Waals surface area contributed by atoms with Crippen LogP contribution in [0.25, 0.3) is 10.9 Å². The molecule has 0 bridgehead atoms. The molecule has 5 heteroatoms. The van der Waals surface area contributed by atoms with Crippen LogP contribution in [0.5, 0.6) is 0 Å². The molecule has 0 amide bonds. The Balaban J connectivity index is 1.57. The first-order chi connectivity index (χ1) is 12.7. The molecule has 3 N–H and O–H groups in total. The number of benzene rings is 1. The van der Waals surface area contributed by atoms with Crippen LogP contribution in [-0.2, 0) is 11.2 Å². The molecule has 4 nitrogen and oxygen atoms in total. The van der Waals surface area contributed by atoms with Gasteiger partial charge in [0.1, 0.15) is 0 Å². The largest absolute Gasteiger partial charge is 0.361 e. The molecule has 1 aromatic heterocycles. The van der Waals surface area contributed by atoms with Gasteiger partial charge in [-0.15, -0.1) is 0 Å². The lowest BCUT2D eigenvalue weighted by molar-refractivity contribution is -0.115. The summed E-state index contributed by atoms with van der Waals surface area (Å²) in [5, 5.41) is 1.47. The molecule has 2 aliphatic rings. The molecule has 140 valence electrons. The maximum Gasteiger partial charge on any atom is 0.156 e. The van der Waals surface area contributed by atoms with E-state index in [0.717, 1.165) is 18.7 Å². The van der Waals surface area contributed by atoms with E-state index in [1.807, 2.05) is 0 Å². The van der Waals surface area contributed by atoms with Crippen molar-refractivity contribution in [1.29, 1.82) is 0 Å². The number of nitrogens with one attached hydrogen (secondary N) is 1. The molecule has 1 aromatic carbocycles. The number of likely N-dealkylation sites (tertiary alicyclic amines) is 1. The fourth-order valence-electron chi connectivity index (χ4n) is 4.96. The molecule has 0 unspecified atom stereocenters. The molecule has 0 radical (unpaired) electrons. The maximum absolute atomic E-state index is 11.5. The van der Waals surface area contributed by atoms with Gasteiger partial charge in [0.2, 0.25) is 0 Å². The van der Waals surface area contributed by atoms with Gasteiger partial charge in [-0.25, -0.2) is 0 Å². The molecule has 26 heavy (non-hydrogen) atoms. The number of piperidine rings is 1. The van der Waals surface area contributed by atoms with Gasteiger partial charge in [0, 0.05) is 35.6 Å². The highest BCUT2D eigenvalue weighted by molar-refractivity contribution is 7.99. The number of aromatic nitrogens is 1. The van der Waals surface area contributed by atoms with E-state index < -0.39 is 0 Å². The number of H-pyrrole nitrogens is 1. The standard InChI is InChI=1S/C21H29N3OS/c1-2-6-24-11-14(12-26-13-16(25)9-22)7-18-17-4-3-5-19-21(17)15(10-23-19)8-20(18)24/h3-5,10,14,18,20,23H,2,6-9,11-13,22H2,1H3/t14-,18-,20-/m1/s1. The Labute approximate surface area is 159 Å². The molecular formula is C21H29N3OS. The number of thioether (sulfide) groups is 1. The summed E-state index contributed by atoms with van der Waals surface area (Å²) in [7, 11) is 0. The number of carbonyl (C=O) groups excluding carboxylic acids is 1. The summed E-state index contributed by atoms with van der Waals surface area (Å²) in [5.74, 6) is 3.04. The van der Waals surface area contributed by atoms with E-state index in [4.69, 9.17) is 5.73 Å². The minimum Gasteiger partial charge on any atom is -0.361 e. The first kappa shape index (κ1) is 18.1. The van der Waals surface area contributed by atoms with Crippen molar-refractivity contribution in [1.82, 2.24) is 9.88 Å². The minimum absolute atomic E-state index is 0.161. The number of rotatable bonds is 7. The van der Waals surface area contributed by atoms with E-state index in [1.165, 1.54) is 41.4 Å². The number of ketones is 1.